The molecule has 0 aliphatic rings. The Kier molecular flexibility index (Phi) is 2.48. The molecule has 0 saturated heterocycles. The first-order valence-electron chi connectivity index (χ1n) is 4.83. The molecule has 0 aliphatic heterocycles. The quantitative estimate of drug-likeness (QED) is 0.778. The molecule has 0 spiro atoms. The summed E-state index contributed by atoms with van der Waals surface area (Å²) in [5.74, 6) is 0.553. The van der Waals surface area contributed by atoms with Gasteiger partial charge in [0.05, 0.1) is 18.3 Å². The molecular formula is C12H11NO3. The molecule has 2 rings (SSSR count). The number of H-pyrrole nitrogens is 1. The summed E-state index contributed by atoms with van der Waals surface area (Å²) < 4.78 is 5.14. The SMILES string of the molecule is COc1cccc2c(=O)c(C)c(C=O)[nH]c12. The number of hydrogen-bond acceptors (Lipinski definition) is 3. The Labute approximate surface area is 91.9 Å². The number of aromatic amines is 1. The molecule has 1 N–H and O–H groups in total. The Morgan fingerprint density at radius 2 is 2.12 bits per heavy atom. The molecule has 82 valence electrons. The summed E-state index contributed by atoms with van der Waals surface area (Å²) in [5.41, 5.74) is 1.13. The molecule has 0 atom stereocenters. The van der Waals surface area contributed by atoms with E-state index in [1.165, 1.54) is 7.11 Å². The van der Waals surface area contributed by atoms with E-state index in [4.69, 9.17) is 4.74 Å². The Balaban J connectivity index is 2.98. The van der Waals surface area contributed by atoms with Gasteiger partial charge in [-0.15, -0.1) is 0 Å². The third-order valence-electron chi connectivity index (χ3n) is 2.61. The first-order chi connectivity index (χ1) is 7.69. The van der Waals surface area contributed by atoms with Crippen LogP contribution in [0.4, 0.5) is 0 Å². The van der Waals surface area contributed by atoms with Gasteiger partial charge in [-0.05, 0) is 19.1 Å². The predicted molar refractivity (Wildman–Crippen MR) is 61.2 cm³/mol. The molecule has 1 heterocycles. The van der Waals surface area contributed by atoms with Crippen molar-refractivity contribution in [1.29, 1.82) is 0 Å². The lowest BCUT2D eigenvalue weighted by molar-refractivity contribution is 0.111. The zero-order chi connectivity index (χ0) is 11.7. The minimum absolute atomic E-state index is 0.144. The second kappa shape index (κ2) is 3.81. The standard InChI is InChI=1S/C12H11NO3/c1-7-9(6-14)13-11-8(12(7)15)4-3-5-10(11)16-2/h3-6H,1-2H3,(H,13,15). The number of carbonyl (C=O) groups is 1. The van der Waals surface area contributed by atoms with Gasteiger partial charge in [0.15, 0.2) is 11.7 Å². The van der Waals surface area contributed by atoms with E-state index < -0.39 is 0 Å². The van der Waals surface area contributed by atoms with Crippen LogP contribution in [-0.4, -0.2) is 18.4 Å². The zero-order valence-electron chi connectivity index (χ0n) is 9.03. The molecule has 0 amide bonds. The minimum Gasteiger partial charge on any atom is -0.495 e. The average molecular weight is 217 g/mol. The Bertz CT molecular complexity index is 613. The van der Waals surface area contributed by atoms with Crippen molar-refractivity contribution in [2.24, 2.45) is 0 Å². The van der Waals surface area contributed by atoms with Crippen molar-refractivity contribution in [2.75, 3.05) is 7.11 Å². The maximum absolute atomic E-state index is 11.9. The van der Waals surface area contributed by atoms with Gasteiger partial charge in [0.25, 0.3) is 0 Å². The average Bonchev–Trinajstić information content (AvgIpc) is 2.33. The number of hydrogen-bond donors (Lipinski definition) is 1. The van der Waals surface area contributed by atoms with Crippen molar-refractivity contribution >= 4 is 17.2 Å². The van der Waals surface area contributed by atoms with Gasteiger partial charge in [0, 0.05) is 10.9 Å². The lowest BCUT2D eigenvalue weighted by Gasteiger charge is -2.07. The van der Waals surface area contributed by atoms with E-state index in [-0.39, 0.29) is 5.43 Å². The number of methoxy groups -OCH3 is 1. The van der Waals surface area contributed by atoms with Crippen LogP contribution < -0.4 is 10.2 Å². The van der Waals surface area contributed by atoms with E-state index in [1.807, 2.05) is 0 Å². The summed E-state index contributed by atoms with van der Waals surface area (Å²) >= 11 is 0. The van der Waals surface area contributed by atoms with Crippen molar-refractivity contribution in [3.05, 3.63) is 39.7 Å². The van der Waals surface area contributed by atoms with E-state index in [1.54, 1.807) is 25.1 Å². The van der Waals surface area contributed by atoms with Crippen LogP contribution in [-0.2, 0) is 0 Å². The predicted octanol–water partition coefficient (Wildman–Crippen LogP) is 1.66. The summed E-state index contributed by atoms with van der Waals surface area (Å²) in [4.78, 5) is 25.7. The minimum atomic E-state index is -0.144. The smallest absolute Gasteiger partial charge is 0.193 e. The molecule has 16 heavy (non-hydrogen) atoms. The van der Waals surface area contributed by atoms with Crippen LogP contribution in [0, 0.1) is 6.92 Å². The molecule has 4 nitrogen and oxygen atoms in total. The number of fused-ring (bicyclic) bond motifs is 1. The second-order valence-electron chi connectivity index (χ2n) is 3.49. The molecular weight excluding hydrogens is 206 g/mol. The number of rotatable bonds is 2. The molecule has 0 bridgehead atoms. The first-order valence-corrected chi connectivity index (χ1v) is 4.83. The number of ether oxygens (including phenoxy) is 1. The summed E-state index contributed by atoms with van der Waals surface area (Å²) in [7, 11) is 1.52. The fourth-order valence-corrected chi connectivity index (χ4v) is 1.69. The van der Waals surface area contributed by atoms with Gasteiger partial charge in [0.2, 0.25) is 0 Å². The van der Waals surface area contributed by atoms with Crippen LogP contribution in [0.1, 0.15) is 16.1 Å². The highest BCUT2D eigenvalue weighted by molar-refractivity contribution is 5.88. The number of carbonyl (C=O) groups excluding carboxylic acids is 1. The van der Waals surface area contributed by atoms with Crippen molar-refractivity contribution in [1.82, 2.24) is 4.98 Å². The van der Waals surface area contributed by atoms with Crippen LogP contribution in [0.3, 0.4) is 0 Å². The molecule has 0 aliphatic carbocycles. The molecule has 0 saturated carbocycles. The van der Waals surface area contributed by atoms with Crippen molar-refractivity contribution < 1.29 is 9.53 Å². The van der Waals surface area contributed by atoms with Crippen LogP contribution in [0.25, 0.3) is 10.9 Å². The summed E-state index contributed by atoms with van der Waals surface area (Å²) in [6.07, 6.45) is 0.641. The summed E-state index contributed by atoms with van der Waals surface area (Å²) in [5, 5.41) is 0.530. The van der Waals surface area contributed by atoms with Crippen LogP contribution in [0.2, 0.25) is 0 Å². The molecule has 0 radical (unpaired) electrons. The Morgan fingerprint density at radius 3 is 2.75 bits per heavy atom. The van der Waals surface area contributed by atoms with Crippen molar-refractivity contribution in [3.63, 3.8) is 0 Å². The Hall–Kier alpha value is -2.10. The second-order valence-corrected chi connectivity index (χ2v) is 3.49. The van der Waals surface area contributed by atoms with Crippen LogP contribution in [0.5, 0.6) is 5.75 Å². The molecule has 4 heteroatoms. The number of pyridine rings is 1. The highest BCUT2D eigenvalue weighted by Crippen LogP contribution is 2.21. The fourth-order valence-electron chi connectivity index (χ4n) is 1.69. The van der Waals surface area contributed by atoms with E-state index >= 15 is 0 Å². The zero-order valence-corrected chi connectivity index (χ0v) is 9.03. The van der Waals surface area contributed by atoms with Gasteiger partial charge in [-0.3, -0.25) is 9.59 Å². The van der Waals surface area contributed by atoms with Crippen molar-refractivity contribution in [3.8, 4) is 5.75 Å². The monoisotopic (exact) mass is 217 g/mol. The maximum atomic E-state index is 11.9. The number of aldehydes is 1. The van der Waals surface area contributed by atoms with Crippen molar-refractivity contribution in [2.45, 2.75) is 6.92 Å². The van der Waals surface area contributed by atoms with Gasteiger partial charge in [-0.1, -0.05) is 6.07 Å². The number of benzene rings is 1. The molecule has 0 fully saturated rings. The lowest BCUT2D eigenvalue weighted by Crippen LogP contribution is -2.11. The number of nitrogens with one attached hydrogen (secondary N) is 1. The van der Waals surface area contributed by atoms with E-state index in [9.17, 15) is 9.59 Å². The first kappa shape index (κ1) is 10.4. The van der Waals surface area contributed by atoms with Gasteiger partial charge >= 0.3 is 0 Å². The third kappa shape index (κ3) is 1.39. The Morgan fingerprint density at radius 1 is 1.38 bits per heavy atom. The summed E-state index contributed by atoms with van der Waals surface area (Å²) in [6.45, 7) is 1.63. The highest BCUT2D eigenvalue weighted by atomic mass is 16.5. The molecule has 1 aromatic heterocycles. The van der Waals surface area contributed by atoms with Gasteiger partial charge in [-0.2, -0.15) is 0 Å². The molecule has 0 unspecified atom stereocenters. The summed E-state index contributed by atoms with van der Waals surface area (Å²) in [6, 6.07) is 5.19. The van der Waals surface area contributed by atoms with Gasteiger partial charge in [0.1, 0.15) is 5.75 Å². The number of aromatic nitrogens is 1. The van der Waals surface area contributed by atoms with E-state index in [0.717, 1.165) is 0 Å². The van der Waals surface area contributed by atoms with Gasteiger partial charge < -0.3 is 9.72 Å². The highest BCUT2D eigenvalue weighted by Gasteiger charge is 2.10. The van der Waals surface area contributed by atoms with Gasteiger partial charge in [-0.25, -0.2) is 0 Å². The maximum Gasteiger partial charge on any atom is 0.193 e. The lowest BCUT2D eigenvalue weighted by atomic mass is 10.1. The van der Waals surface area contributed by atoms with Crippen LogP contribution >= 0.6 is 0 Å². The van der Waals surface area contributed by atoms with Crippen LogP contribution in [0.15, 0.2) is 23.0 Å². The van der Waals surface area contributed by atoms with E-state index in [0.29, 0.717) is 34.2 Å². The van der Waals surface area contributed by atoms with E-state index in [2.05, 4.69) is 4.98 Å². The largest absolute Gasteiger partial charge is 0.495 e. The number of para-hydroxylation sites is 1. The fraction of sp³-hybridized carbons (Fsp3) is 0.167. The topological polar surface area (TPSA) is 59.2 Å². The normalized spacial score (nSPS) is 10.4. The molecule has 1 aromatic carbocycles. The third-order valence-corrected chi connectivity index (χ3v) is 2.61. The molecule has 2 aromatic rings.